The molecular formula is C17H33N3O. The Hall–Kier alpha value is -0.160. The quantitative estimate of drug-likeness (QED) is 0.852. The van der Waals surface area contributed by atoms with Crippen LogP contribution in [0.3, 0.4) is 0 Å². The largest absolute Gasteiger partial charge is 0.389 e. The molecule has 4 heteroatoms. The van der Waals surface area contributed by atoms with E-state index in [4.69, 9.17) is 0 Å². The van der Waals surface area contributed by atoms with Gasteiger partial charge in [0.15, 0.2) is 0 Å². The van der Waals surface area contributed by atoms with Gasteiger partial charge in [-0.3, -0.25) is 9.80 Å². The first kappa shape index (κ1) is 15.7. The van der Waals surface area contributed by atoms with Crippen LogP contribution in [0.15, 0.2) is 0 Å². The molecule has 0 aromatic rings. The summed E-state index contributed by atoms with van der Waals surface area (Å²) in [6.45, 7) is 8.08. The van der Waals surface area contributed by atoms with Crippen molar-refractivity contribution >= 4 is 0 Å². The highest BCUT2D eigenvalue weighted by Crippen LogP contribution is 2.29. The maximum Gasteiger partial charge on any atom is 0.0774 e. The van der Waals surface area contributed by atoms with Gasteiger partial charge in [-0.15, -0.1) is 0 Å². The molecule has 0 bridgehead atoms. The monoisotopic (exact) mass is 295 g/mol. The number of aliphatic hydroxyl groups is 1. The van der Waals surface area contributed by atoms with E-state index in [0.29, 0.717) is 0 Å². The second-order valence-corrected chi connectivity index (χ2v) is 7.66. The summed E-state index contributed by atoms with van der Waals surface area (Å²) in [5.41, 5.74) is -0.383. The lowest BCUT2D eigenvalue weighted by molar-refractivity contribution is -0.0405. The first-order valence-corrected chi connectivity index (χ1v) is 9.02. The minimum atomic E-state index is -0.383. The fourth-order valence-corrected chi connectivity index (χ4v) is 4.51. The number of likely N-dealkylation sites (N-methyl/N-ethyl adjacent to an activating group) is 1. The molecule has 21 heavy (non-hydrogen) atoms. The number of hydrogen-bond acceptors (Lipinski definition) is 4. The molecule has 0 amide bonds. The van der Waals surface area contributed by atoms with Crippen molar-refractivity contribution in [3.05, 3.63) is 0 Å². The standard InChI is InChI=1S/C17H33N3O/c1-18-9-5-6-16(14-18)20-12-10-19(11-13-20)15-17(21)7-3-2-4-8-17/h16,21H,2-15H2,1H3. The Bertz CT molecular complexity index is 322. The smallest absolute Gasteiger partial charge is 0.0774 e. The third-order valence-electron chi connectivity index (χ3n) is 5.83. The molecule has 4 nitrogen and oxygen atoms in total. The van der Waals surface area contributed by atoms with Crippen molar-refractivity contribution in [3.8, 4) is 0 Å². The second-order valence-electron chi connectivity index (χ2n) is 7.66. The zero-order chi connectivity index (χ0) is 14.7. The minimum Gasteiger partial charge on any atom is -0.389 e. The third kappa shape index (κ3) is 4.19. The maximum absolute atomic E-state index is 10.7. The van der Waals surface area contributed by atoms with Crippen molar-refractivity contribution in [2.75, 3.05) is 52.9 Å². The molecule has 2 aliphatic heterocycles. The molecule has 1 saturated carbocycles. The summed E-state index contributed by atoms with van der Waals surface area (Å²) < 4.78 is 0. The molecule has 0 aromatic carbocycles. The van der Waals surface area contributed by atoms with Crippen molar-refractivity contribution in [2.24, 2.45) is 0 Å². The van der Waals surface area contributed by atoms with Crippen LogP contribution in [-0.2, 0) is 0 Å². The van der Waals surface area contributed by atoms with Crippen molar-refractivity contribution in [1.29, 1.82) is 0 Å². The predicted octanol–water partition coefficient (Wildman–Crippen LogP) is 1.39. The van der Waals surface area contributed by atoms with Gasteiger partial charge in [-0.2, -0.15) is 0 Å². The van der Waals surface area contributed by atoms with Gasteiger partial charge < -0.3 is 10.0 Å². The topological polar surface area (TPSA) is 30.0 Å². The van der Waals surface area contributed by atoms with Crippen molar-refractivity contribution < 1.29 is 5.11 Å². The van der Waals surface area contributed by atoms with Crippen molar-refractivity contribution in [1.82, 2.24) is 14.7 Å². The van der Waals surface area contributed by atoms with Gasteiger partial charge in [0.2, 0.25) is 0 Å². The molecule has 1 atom stereocenters. The number of hydrogen-bond donors (Lipinski definition) is 1. The molecule has 2 saturated heterocycles. The first-order chi connectivity index (χ1) is 10.1. The van der Waals surface area contributed by atoms with E-state index in [-0.39, 0.29) is 5.60 Å². The van der Waals surface area contributed by atoms with E-state index < -0.39 is 0 Å². The van der Waals surface area contributed by atoms with Crippen LogP contribution in [0.4, 0.5) is 0 Å². The zero-order valence-electron chi connectivity index (χ0n) is 13.8. The van der Waals surface area contributed by atoms with Crippen LogP contribution in [-0.4, -0.2) is 84.3 Å². The van der Waals surface area contributed by atoms with E-state index >= 15 is 0 Å². The summed E-state index contributed by atoms with van der Waals surface area (Å²) in [7, 11) is 2.25. The number of piperidine rings is 1. The van der Waals surface area contributed by atoms with Crippen LogP contribution >= 0.6 is 0 Å². The lowest BCUT2D eigenvalue weighted by Gasteiger charge is -2.44. The van der Waals surface area contributed by atoms with Gasteiger partial charge in [0, 0.05) is 45.3 Å². The molecule has 1 aliphatic carbocycles. The Labute approximate surface area is 130 Å². The Balaban J connectivity index is 1.44. The second kappa shape index (κ2) is 6.95. The van der Waals surface area contributed by atoms with E-state index in [1.807, 2.05) is 0 Å². The average molecular weight is 295 g/mol. The van der Waals surface area contributed by atoms with Gasteiger partial charge in [-0.05, 0) is 39.3 Å². The number of nitrogens with zero attached hydrogens (tertiary/aromatic N) is 3. The molecule has 0 aromatic heterocycles. The average Bonchev–Trinajstić information content (AvgIpc) is 2.48. The minimum absolute atomic E-state index is 0.383. The summed E-state index contributed by atoms with van der Waals surface area (Å²) >= 11 is 0. The maximum atomic E-state index is 10.7. The zero-order valence-corrected chi connectivity index (χ0v) is 13.8. The Morgan fingerprint density at radius 3 is 2.33 bits per heavy atom. The number of likely N-dealkylation sites (tertiary alicyclic amines) is 1. The van der Waals surface area contributed by atoms with Gasteiger partial charge in [0.1, 0.15) is 0 Å². The highest BCUT2D eigenvalue weighted by Gasteiger charge is 2.33. The van der Waals surface area contributed by atoms with Gasteiger partial charge >= 0.3 is 0 Å². The van der Waals surface area contributed by atoms with Gasteiger partial charge in [0.25, 0.3) is 0 Å². The highest BCUT2D eigenvalue weighted by atomic mass is 16.3. The highest BCUT2D eigenvalue weighted by molar-refractivity contribution is 4.89. The summed E-state index contributed by atoms with van der Waals surface area (Å²) in [4.78, 5) is 7.68. The summed E-state index contributed by atoms with van der Waals surface area (Å²) in [6.07, 6.45) is 8.48. The van der Waals surface area contributed by atoms with Crippen LogP contribution in [0.2, 0.25) is 0 Å². The molecule has 1 N–H and O–H groups in total. The number of rotatable bonds is 3. The van der Waals surface area contributed by atoms with E-state index in [0.717, 1.165) is 38.5 Å². The fraction of sp³-hybridized carbons (Fsp3) is 1.00. The first-order valence-electron chi connectivity index (χ1n) is 9.02. The Morgan fingerprint density at radius 1 is 0.952 bits per heavy atom. The number of β-amino-alcohol motifs (C(OH)–C–C–N with tert-alkyl or cyclic N) is 1. The Kier molecular flexibility index (Phi) is 5.20. The van der Waals surface area contributed by atoms with Crippen LogP contribution in [0.25, 0.3) is 0 Å². The molecular weight excluding hydrogens is 262 g/mol. The van der Waals surface area contributed by atoms with Crippen LogP contribution < -0.4 is 0 Å². The lowest BCUT2D eigenvalue weighted by Crippen LogP contribution is -2.56. The molecule has 1 unspecified atom stereocenters. The third-order valence-corrected chi connectivity index (χ3v) is 5.83. The predicted molar refractivity (Wildman–Crippen MR) is 86.6 cm³/mol. The molecule has 2 heterocycles. The molecule has 0 radical (unpaired) electrons. The molecule has 0 spiro atoms. The van der Waals surface area contributed by atoms with Gasteiger partial charge in [-0.25, -0.2) is 0 Å². The van der Waals surface area contributed by atoms with Crippen LogP contribution in [0.1, 0.15) is 44.9 Å². The summed E-state index contributed by atoms with van der Waals surface area (Å²) in [5, 5.41) is 10.7. The number of piperazine rings is 1. The van der Waals surface area contributed by atoms with E-state index in [1.165, 1.54) is 58.3 Å². The van der Waals surface area contributed by atoms with E-state index in [2.05, 4.69) is 21.7 Å². The van der Waals surface area contributed by atoms with Gasteiger partial charge in [0.05, 0.1) is 5.60 Å². The Morgan fingerprint density at radius 2 is 1.67 bits per heavy atom. The molecule has 122 valence electrons. The molecule has 3 fully saturated rings. The summed E-state index contributed by atoms with van der Waals surface area (Å²) in [5.74, 6) is 0. The summed E-state index contributed by atoms with van der Waals surface area (Å²) in [6, 6.07) is 0.767. The SMILES string of the molecule is CN1CCCC(N2CCN(CC3(O)CCCCC3)CC2)C1. The van der Waals surface area contributed by atoms with E-state index in [1.54, 1.807) is 0 Å². The van der Waals surface area contributed by atoms with Gasteiger partial charge in [-0.1, -0.05) is 19.3 Å². The lowest BCUT2D eigenvalue weighted by atomic mass is 9.84. The fourth-order valence-electron chi connectivity index (χ4n) is 4.51. The van der Waals surface area contributed by atoms with Crippen molar-refractivity contribution in [3.63, 3.8) is 0 Å². The van der Waals surface area contributed by atoms with E-state index in [9.17, 15) is 5.11 Å². The molecule has 3 rings (SSSR count). The van der Waals surface area contributed by atoms with Crippen molar-refractivity contribution in [2.45, 2.75) is 56.6 Å². The normalized spacial score (nSPS) is 33.1. The van der Waals surface area contributed by atoms with Crippen LogP contribution in [0, 0.1) is 0 Å². The molecule has 3 aliphatic rings. The van der Waals surface area contributed by atoms with Crippen LogP contribution in [0.5, 0.6) is 0 Å².